The van der Waals surface area contributed by atoms with Crippen molar-refractivity contribution in [2.75, 3.05) is 23.3 Å². The Morgan fingerprint density at radius 1 is 1.10 bits per heavy atom. The number of anilines is 2. The lowest BCUT2D eigenvalue weighted by atomic mass is 9.99. The van der Waals surface area contributed by atoms with E-state index in [1.807, 2.05) is 6.07 Å². The van der Waals surface area contributed by atoms with E-state index in [1.165, 1.54) is 17.8 Å². The third-order valence-corrected chi connectivity index (χ3v) is 5.32. The SMILES string of the molecule is C=C(Nc1ccc(C)c(-c2cc(CC)nc(N(CC)CCC)c2)c1)c1cncc(F)c1. The Bertz CT molecular complexity index is 1060. The van der Waals surface area contributed by atoms with Gasteiger partial charge in [-0.3, -0.25) is 4.98 Å². The van der Waals surface area contributed by atoms with Crippen LogP contribution >= 0.6 is 0 Å². The van der Waals surface area contributed by atoms with Crippen LogP contribution in [0, 0.1) is 12.7 Å². The summed E-state index contributed by atoms with van der Waals surface area (Å²) < 4.78 is 13.5. The van der Waals surface area contributed by atoms with E-state index in [9.17, 15) is 4.39 Å². The summed E-state index contributed by atoms with van der Waals surface area (Å²) in [5.74, 6) is 0.640. The zero-order valence-electron chi connectivity index (χ0n) is 18.9. The monoisotopic (exact) mass is 418 g/mol. The summed E-state index contributed by atoms with van der Waals surface area (Å²) in [4.78, 5) is 11.1. The number of pyridine rings is 2. The van der Waals surface area contributed by atoms with Crippen molar-refractivity contribution in [3.63, 3.8) is 0 Å². The summed E-state index contributed by atoms with van der Waals surface area (Å²) >= 11 is 0. The molecule has 0 aliphatic carbocycles. The molecule has 0 bridgehead atoms. The third kappa shape index (κ3) is 5.48. The molecule has 0 aliphatic rings. The van der Waals surface area contributed by atoms with Crippen molar-refractivity contribution < 1.29 is 4.39 Å². The first-order valence-electron chi connectivity index (χ1n) is 10.9. The lowest BCUT2D eigenvalue weighted by Crippen LogP contribution is -2.24. The molecule has 0 aliphatic heterocycles. The number of rotatable bonds is 9. The van der Waals surface area contributed by atoms with Gasteiger partial charge in [0.2, 0.25) is 0 Å². The number of hydrogen-bond donors (Lipinski definition) is 1. The second-order valence-electron chi connectivity index (χ2n) is 7.66. The molecule has 0 radical (unpaired) electrons. The van der Waals surface area contributed by atoms with Crippen LogP contribution in [0.25, 0.3) is 16.8 Å². The first kappa shape index (κ1) is 22.5. The van der Waals surface area contributed by atoms with Gasteiger partial charge in [0.1, 0.15) is 11.6 Å². The maximum atomic E-state index is 13.5. The van der Waals surface area contributed by atoms with E-state index in [1.54, 1.807) is 6.20 Å². The molecule has 162 valence electrons. The zero-order chi connectivity index (χ0) is 22.4. The number of hydrogen-bond acceptors (Lipinski definition) is 4. The highest BCUT2D eigenvalue weighted by Gasteiger charge is 2.12. The van der Waals surface area contributed by atoms with E-state index in [-0.39, 0.29) is 5.82 Å². The molecule has 4 nitrogen and oxygen atoms in total. The molecular weight excluding hydrogens is 387 g/mol. The fourth-order valence-electron chi connectivity index (χ4n) is 3.61. The summed E-state index contributed by atoms with van der Waals surface area (Å²) in [7, 11) is 0. The van der Waals surface area contributed by atoms with Gasteiger partial charge >= 0.3 is 0 Å². The van der Waals surface area contributed by atoms with Crippen molar-refractivity contribution in [3.8, 4) is 11.1 Å². The Hall–Kier alpha value is -3.21. The van der Waals surface area contributed by atoms with Gasteiger partial charge in [0, 0.05) is 41.9 Å². The normalized spacial score (nSPS) is 10.7. The number of benzene rings is 1. The highest BCUT2D eigenvalue weighted by atomic mass is 19.1. The van der Waals surface area contributed by atoms with Crippen LogP contribution in [0.2, 0.25) is 0 Å². The molecule has 2 heterocycles. The van der Waals surface area contributed by atoms with Gasteiger partial charge in [-0.25, -0.2) is 9.37 Å². The largest absolute Gasteiger partial charge is 0.357 e. The molecule has 1 aromatic carbocycles. The zero-order valence-corrected chi connectivity index (χ0v) is 18.9. The number of nitrogens with zero attached hydrogens (tertiary/aromatic N) is 3. The molecule has 5 heteroatoms. The van der Waals surface area contributed by atoms with Gasteiger partial charge in [-0.15, -0.1) is 0 Å². The van der Waals surface area contributed by atoms with Gasteiger partial charge < -0.3 is 10.2 Å². The van der Waals surface area contributed by atoms with Gasteiger partial charge in [-0.05, 0) is 73.7 Å². The molecule has 3 rings (SSSR count). The van der Waals surface area contributed by atoms with Crippen molar-refractivity contribution in [1.82, 2.24) is 9.97 Å². The predicted molar refractivity (Wildman–Crippen MR) is 129 cm³/mol. The van der Waals surface area contributed by atoms with Crippen molar-refractivity contribution in [1.29, 1.82) is 0 Å². The quantitative estimate of drug-likeness (QED) is 0.432. The van der Waals surface area contributed by atoms with Crippen LogP contribution in [0.1, 0.15) is 44.0 Å². The lowest BCUT2D eigenvalue weighted by molar-refractivity contribution is 0.621. The first-order valence-corrected chi connectivity index (χ1v) is 10.9. The maximum absolute atomic E-state index is 13.5. The molecule has 0 saturated heterocycles. The van der Waals surface area contributed by atoms with Crippen LogP contribution < -0.4 is 10.2 Å². The molecule has 0 atom stereocenters. The minimum Gasteiger partial charge on any atom is -0.357 e. The van der Waals surface area contributed by atoms with E-state index in [0.717, 1.165) is 54.3 Å². The summed E-state index contributed by atoms with van der Waals surface area (Å²) in [5, 5.41) is 3.29. The average molecular weight is 419 g/mol. The smallest absolute Gasteiger partial charge is 0.142 e. The van der Waals surface area contributed by atoms with Gasteiger partial charge in [0.15, 0.2) is 0 Å². The minimum atomic E-state index is -0.381. The van der Waals surface area contributed by atoms with Gasteiger partial charge in [0.25, 0.3) is 0 Å². The number of halogens is 1. The third-order valence-electron chi connectivity index (χ3n) is 5.32. The minimum absolute atomic E-state index is 0.381. The summed E-state index contributed by atoms with van der Waals surface area (Å²) in [6, 6.07) is 12.0. The highest BCUT2D eigenvalue weighted by Crippen LogP contribution is 2.31. The number of aromatic nitrogens is 2. The molecular formula is C26H31FN4. The van der Waals surface area contributed by atoms with Crippen LogP contribution in [0.5, 0.6) is 0 Å². The van der Waals surface area contributed by atoms with E-state index in [4.69, 9.17) is 4.98 Å². The van der Waals surface area contributed by atoms with E-state index < -0.39 is 0 Å². The van der Waals surface area contributed by atoms with Crippen molar-refractivity contribution >= 4 is 17.2 Å². The molecule has 0 unspecified atom stereocenters. The average Bonchev–Trinajstić information content (AvgIpc) is 2.78. The molecule has 0 saturated carbocycles. The van der Waals surface area contributed by atoms with E-state index in [0.29, 0.717) is 11.3 Å². The summed E-state index contributed by atoms with van der Waals surface area (Å²) in [5.41, 5.74) is 6.67. The molecule has 0 amide bonds. The Kier molecular flexibility index (Phi) is 7.40. The standard InChI is InChI=1S/C26H31FN4/c1-6-11-31(8-3)26-14-20(13-23(7-2)30-26)25-15-24(10-9-18(25)4)29-19(5)21-12-22(27)17-28-16-21/h9-10,12-17,29H,5-8,11H2,1-4H3. The fraction of sp³-hybridized carbons (Fsp3) is 0.308. The second kappa shape index (κ2) is 10.2. The van der Waals surface area contributed by atoms with Crippen LogP contribution in [0.15, 0.2) is 55.4 Å². The van der Waals surface area contributed by atoms with Crippen LogP contribution in [-0.2, 0) is 6.42 Å². The molecule has 0 spiro atoms. The molecule has 2 aromatic heterocycles. The number of aryl methyl sites for hydroxylation is 2. The lowest BCUT2D eigenvalue weighted by Gasteiger charge is -2.23. The van der Waals surface area contributed by atoms with Crippen molar-refractivity contribution in [2.24, 2.45) is 0 Å². The number of nitrogens with one attached hydrogen (secondary N) is 1. The maximum Gasteiger partial charge on any atom is 0.142 e. The summed E-state index contributed by atoms with van der Waals surface area (Å²) in [6.45, 7) is 14.6. The van der Waals surface area contributed by atoms with Gasteiger partial charge in [0.05, 0.1) is 6.20 Å². The van der Waals surface area contributed by atoms with Crippen LogP contribution in [0.4, 0.5) is 15.9 Å². The van der Waals surface area contributed by atoms with Gasteiger partial charge in [-0.2, -0.15) is 0 Å². The highest BCUT2D eigenvalue weighted by molar-refractivity contribution is 5.79. The molecule has 31 heavy (non-hydrogen) atoms. The van der Waals surface area contributed by atoms with Gasteiger partial charge in [-0.1, -0.05) is 26.5 Å². The predicted octanol–water partition coefficient (Wildman–Crippen LogP) is 6.47. The Balaban J connectivity index is 1.96. The molecule has 1 N–H and O–H groups in total. The van der Waals surface area contributed by atoms with Crippen LogP contribution in [-0.4, -0.2) is 23.1 Å². The summed E-state index contributed by atoms with van der Waals surface area (Å²) in [6.07, 6.45) is 4.75. The fourth-order valence-corrected chi connectivity index (χ4v) is 3.61. The molecule has 3 aromatic rings. The van der Waals surface area contributed by atoms with Crippen LogP contribution in [0.3, 0.4) is 0 Å². The second-order valence-corrected chi connectivity index (χ2v) is 7.66. The Labute approximate surface area is 184 Å². The Morgan fingerprint density at radius 3 is 2.58 bits per heavy atom. The topological polar surface area (TPSA) is 41.1 Å². The Morgan fingerprint density at radius 2 is 1.90 bits per heavy atom. The van der Waals surface area contributed by atoms with E-state index in [2.05, 4.69) is 73.7 Å². The molecule has 0 fully saturated rings. The van der Waals surface area contributed by atoms with Crippen molar-refractivity contribution in [3.05, 3.63) is 78.0 Å². The first-order chi connectivity index (χ1) is 14.9. The van der Waals surface area contributed by atoms with E-state index >= 15 is 0 Å². The van der Waals surface area contributed by atoms with Crippen molar-refractivity contribution in [2.45, 2.75) is 40.5 Å².